The summed E-state index contributed by atoms with van der Waals surface area (Å²) in [5, 5.41) is -1.81. The van der Waals surface area contributed by atoms with Gasteiger partial charge in [-0.3, -0.25) is 9.59 Å². The molecule has 0 aromatic heterocycles. The predicted octanol–water partition coefficient (Wildman–Crippen LogP) is 1.52. The van der Waals surface area contributed by atoms with E-state index in [9.17, 15) is 22.6 Å². The second-order valence-electron chi connectivity index (χ2n) is 7.16. The van der Waals surface area contributed by atoms with E-state index in [1.165, 1.54) is 6.42 Å². The van der Waals surface area contributed by atoms with E-state index in [1.54, 1.807) is 0 Å². The zero-order valence-corrected chi connectivity index (χ0v) is 20.9. The summed E-state index contributed by atoms with van der Waals surface area (Å²) in [4.78, 5) is 23.9. The van der Waals surface area contributed by atoms with Crippen molar-refractivity contribution in [3.8, 4) is 0 Å². The minimum absolute atomic E-state index is 0. The van der Waals surface area contributed by atoms with Crippen molar-refractivity contribution in [2.45, 2.75) is 109 Å². The van der Waals surface area contributed by atoms with Crippen LogP contribution in [0, 0.1) is 0 Å². The zero-order chi connectivity index (χ0) is 20.5. The minimum atomic E-state index is -4.86. The van der Waals surface area contributed by atoms with Crippen molar-refractivity contribution in [1.82, 2.24) is 0 Å². The SMILES string of the molecule is CCCCCCCCOC(=O)CC(C(=O)CCCCCCCC)S(=O)(=O)[O-].[Na+]. The number of hydrogen-bond donors (Lipinski definition) is 0. The molecule has 0 N–H and O–H groups in total. The van der Waals surface area contributed by atoms with Crippen molar-refractivity contribution in [3.63, 3.8) is 0 Å². The van der Waals surface area contributed by atoms with Crippen LogP contribution in [0.4, 0.5) is 0 Å². The van der Waals surface area contributed by atoms with Crippen LogP contribution in [-0.4, -0.2) is 36.6 Å². The molecule has 0 fully saturated rings. The number of hydrogen-bond acceptors (Lipinski definition) is 6. The molecule has 0 bridgehead atoms. The van der Waals surface area contributed by atoms with Gasteiger partial charge in [-0.25, -0.2) is 8.42 Å². The Morgan fingerprint density at radius 1 is 0.821 bits per heavy atom. The van der Waals surface area contributed by atoms with Gasteiger partial charge in [0.2, 0.25) is 0 Å². The molecule has 0 saturated carbocycles. The molecule has 0 amide bonds. The fourth-order valence-corrected chi connectivity index (χ4v) is 3.68. The van der Waals surface area contributed by atoms with E-state index in [1.807, 2.05) is 0 Å². The molecule has 28 heavy (non-hydrogen) atoms. The van der Waals surface area contributed by atoms with Gasteiger partial charge in [0.05, 0.1) is 13.0 Å². The molecule has 0 aliphatic heterocycles. The summed E-state index contributed by atoms with van der Waals surface area (Å²) in [6, 6.07) is 0. The molecule has 0 aromatic rings. The number of unbranched alkanes of at least 4 members (excludes halogenated alkanes) is 10. The maximum Gasteiger partial charge on any atom is 1.00 e. The van der Waals surface area contributed by atoms with Crippen LogP contribution in [0.15, 0.2) is 0 Å². The van der Waals surface area contributed by atoms with Gasteiger partial charge in [0.25, 0.3) is 0 Å². The Hall–Kier alpha value is 0.0500. The van der Waals surface area contributed by atoms with Gasteiger partial charge >= 0.3 is 35.5 Å². The Labute approximate surface area is 193 Å². The Morgan fingerprint density at radius 2 is 1.29 bits per heavy atom. The van der Waals surface area contributed by atoms with Gasteiger partial charge in [0, 0.05) is 6.42 Å². The number of carbonyl (C=O) groups excluding carboxylic acids is 2. The average molecular weight is 429 g/mol. The Morgan fingerprint density at radius 3 is 1.79 bits per heavy atom. The summed E-state index contributed by atoms with van der Waals surface area (Å²) in [6.07, 6.45) is 11.2. The summed E-state index contributed by atoms with van der Waals surface area (Å²) in [6.45, 7) is 4.44. The van der Waals surface area contributed by atoms with E-state index >= 15 is 0 Å². The normalized spacial score (nSPS) is 12.2. The van der Waals surface area contributed by atoms with E-state index in [4.69, 9.17) is 4.74 Å². The molecule has 0 aliphatic carbocycles. The third kappa shape index (κ3) is 17.0. The first-order valence-corrected chi connectivity index (χ1v) is 11.9. The van der Waals surface area contributed by atoms with Gasteiger partial charge in [-0.05, 0) is 12.8 Å². The minimum Gasteiger partial charge on any atom is -0.747 e. The van der Waals surface area contributed by atoms with Crippen LogP contribution in [0.3, 0.4) is 0 Å². The maximum absolute atomic E-state index is 12.1. The average Bonchev–Trinajstić information content (AvgIpc) is 2.60. The molecule has 0 rings (SSSR count). The summed E-state index contributed by atoms with van der Waals surface area (Å²) in [7, 11) is -4.86. The molecule has 1 unspecified atom stereocenters. The van der Waals surface area contributed by atoms with Crippen LogP contribution < -0.4 is 29.6 Å². The van der Waals surface area contributed by atoms with Crippen LogP contribution >= 0.6 is 0 Å². The van der Waals surface area contributed by atoms with Crippen LogP contribution in [0.5, 0.6) is 0 Å². The Balaban J connectivity index is 0. The largest absolute Gasteiger partial charge is 1.00 e. The number of rotatable bonds is 18. The number of Topliss-reactive ketones (excluding diaryl/α,β-unsaturated/α-hetero) is 1. The second-order valence-corrected chi connectivity index (χ2v) is 8.71. The van der Waals surface area contributed by atoms with E-state index in [2.05, 4.69) is 13.8 Å². The van der Waals surface area contributed by atoms with Gasteiger partial charge in [-0.15, -0.1) is 0 Å². The molecule has 0 saturated heterocycles. The molecule has 0 spiro atoms. The quantitative estimate of drug-likeness (QED) is 0.142. The van der Waals surface area contributed by atoms with E-state index in [-0.39, 0.29) is 42.6 Å². The van der Waals surface area contributed by atoms with Crippen molar-refractivity contribution < 1.29 is 56.9 Å². The Bertz CT molecular complexity index is 507. The van der Waals surface area contributed by atoms with Crippen LogP contribution in [0.2, 0.25) is 0 Å². The molecule has 0 aliphatic rings. The summed E-state index contributed by atoms with van der Waals surface area (Å²) < 4.78 is 39.1. The van der Waals surface area contributed by atoms with Crippen molar-refractivity contribution in [2.75, 3.05) is 6.61 Å². The van der Waals surface area contributed by atoms with Crippen LogP contribution in [0.1, 0.15) is 104 Å². The molecule has 8 heteroatoms. The molecular weight excluding hydrogens is 391 g/mol. The predicted molar refractivity (Wildman–Crippen MR) is 105 cm³/mol. The first kappa shape index (κ1) is 30.2. The molecule has 0 heterocycles. The van der Waals surface area contributed by atoms with Crippen molar-refractivity contribution in [3.05, 3.63) is 0 Å². The van der Waals surface area contributed by atoms with Crippen molar-refractivity contribution in [1.29, 1.82) is 0 Å². The van der Waals surface area contributed by atoms with E-state index in [0.717, 1.165) is 57.8 Å². The molecule has 0 radical (unpaired) electrons. The van der Waals surface area contributed by atoms with Crippen LogP contribution in [0.25, 0.3) is 0 Å². The fraction of sp³-hybridized carbons (Fsp3) is 0.900. The van der Waals surface area contributed by atoms with Gasteiger partial charge in [-0.1, -0.05) is 78.1 Å². The number of ketones is 1. The van der Waals surface area contributed by atoms with Gasteiger partial charge < -0.3 is 9.29 Å². The third-order valence-corrected chi connectivity index (χ3v) is 5.72. The number of carbonyl (C=O) groups is 2. The van der Waals surface area contributed by atoms with Crippen LogP contribution in [-0.2, 0) is 24.4 Å². The molecule has 160 valence electrons. The van der Waals surface area contributed by atoms with Gasteiger partial charge in [0.15, 0.2) is 0 Å². The van der Waals surface area contributed by atoms with Gasteiger partial charge in [0.1, 0.15) is 21.2 Å². The molecule has 6 nitrogen and oxygen atoms in total. The third-order valence-electron chi connectivity index (χ3n) is 4.60. The van der Waals surface area contributed by atoms with E-state index in [0.29, 0.717) is 12.8 Å². The summed E-state index contributed by atoms with van der Waals surface area (Å²) >= 11 is 0. The first-order valence-electron chi connectivity index (χ1n) is 10.5. The number of ether oxygens (including phenoxy) is 1. The fourth-order valence-electron chi connectivity index (χ4n) is 2.90. The van der Waals surface area contributed by atoms with E-state index < -0.39 is 33.5 Å². The molecular formula is C20H37NaO6S. The first-order chi connectivity index (χ1) is 12.8. The molecule has 0 aromatic carbocycles. The Kier molecular flexibility index (Phi) is 20.6. The monoisotopic (exact) mass is 428 g/mol. The van der Waals surface area contributed by atoms with Crippen molar-refractivity contribution >= 4 is 21.9 Å². The van der Waals surface area contributed by atoms with Crippen molar-refractivity contribution in [2.24, 2.45) is 0 Å². The summed E-state index contributed by atoms with van der Waals surface area (Å²) in [5.74, 6) is -1.46. The summed E-state index contributed by atoms with van der Waals surface area (Å²) in [5.41, 5.74) is 0. The number of esters is 1. The maximum atomic E-state index is 12.1. The second kappa shape index (κ2) is 19.0. The molecule has 1 atom stereocenters. The zero-order valence-electron chi connectivity index (χ0n) is 18.0. The smallest absolute Gasteiger partial charge is 0.747 e. The topological polar surface area (TPSA) is 101 Å². The standard InChI is InChI=1S/C20H38O6S.Na/c1-3-5-7-9-11-13-15-18(21)19(27(23,24)25)17-20(22)26-16-14-12-10-8-6-4-2;/h19H,3-17H2,1-2H3,(H,23,24,25);/q;+1/p-1. The van der Waals surface area contributed by atoms with Gasteiger partial charge in [-0.2, -0.15) is 0 Å².